The van der Waals surface area contributed by atoms with Crippen molar-refractivity contribution in [2.24, 2.45) is 0 Å². The Labute approximate surface area is 141 Å². The molecule has 1 aromatic carbocycles. The van der Waals surface area contributed by atoms with Gasteiger partial charge in [0, 0.05) is 6.20 Å². The van der Waals surface area contributed by atoms with Gasteiger partial charge in [-0.3, -0.25) is 9.78 Å². The Morgan fingerprint density at radius 3 is 2.92 bits per heavy atom. The number of carbonyl (C=O) groups excluding carboxylic acids is 2. The number of aromatic amines is 1. The van der Waals surface area contributed by atoms with Gasteiger partial charge in [0.25, 0.3) is 0 Å². The number of benzene rings is 1. The molecule has 0 unspecified atom stereocenters. The van der Waals surface area contributed by atoms with Crippen molar-refractivity contribution in [3.05, 3.63) is 48.3 Å². The Balaban J connectivity index is 1.65. The molecule has 0 bridgehead atoms. The topological polar surface area (TPSA) is 97.0 Å². The van der Waals surface area contributed by atoms with Crippen LogP contribution in [0.4, 0.5) is 5.69 Å². The van der Waals surface area contributed by atoms with E-state index in [2.05, 4.69) is 20.3 Å². The van der Waals surface area contributed by atoms with E-state index in [9.17, 15) is 9.59 Å². The number of aromatic nitrogens is 3. The second-order valence-corrected chi connectivity index (χ2v) is 5.77. The molecule has 0 aliphatic carbocycles. The number of thioether (sulfide) groups is 1. The van der Waals surface area contributed by atoms with E-state index in [-0.39, 0.29) is 11.7 Å². The molecule has 0 spiro atoms. The van der Waals surface area contributed by atoms with E-state index in [1.165, 1.54) is 18.9 Å². The van der Waals surface area contributed by atoms with Crippen LogP contribution in [0.1, 0.15) is 10.4 Å². The number of fused-ring (bicyclic) bond motifs is 1. The molecule has 2 N–H and O–H groups in total. The van der Waals surface area contributed by atoms with Gasteiger partial charge in [-0.1, -0.05) is 23.9 Å². The van der Waals surface area contributed by atoms with Crippen molar-refractivity contribution in [3.8, 4) is 0 Å². The van der Waals surface area contributed by atoms with Gasteiger partial charge < -0.3 is 15.0 Å². The average molecular weight is 342 g/mol. The maximum Gasteiger partial charge on any atom is 0.339 e. The van der Waals surface area contributed by atoms with Crippen molar-refractivity contribution < 1.29 is 14.3 Å². The summed E-state index contributed by atoms with van der Waals surface area (Å²) in [5.41, 5.74) is 2.34. The average Bonchev–Trinajstić information content (AvgIpc) is 3.03. The molecule has 0 aliphatic rings. The summed E-state index contributed by atoms with van der Waals surface area (Å²) < 4.78 is 4.71. The molecular weight excluding hydrogens is 328 g/mol. The predicted molar refractivity (Wildman–Crippen MR) is 91.0 cm³/mol. The first-order valence-electron chi connectivity index (χ1n) is 7.07. The third-order valence-corrected chi connectivity index (χ3v) is 4.08. The summed E-state index contributed by atoms with van der Waals surface area (Å²) in [5, 5.41) is 3.35. The Hall–Kier alpha value is -2.87. The largest absolute Gasteiger partial charge is 0.465 e. The molecule has 0 atom stereocenters. The first-order chi connectivity index (χ1) is 11.7. The lowest BCUT2D eigenvalue weighted by atomic mass is 10.2. The van der Waals surface area contributed by atoms with Crippen molar-refractivity contribution in [2.75, 3.05) is 18.2 Å². The highest BCUT2D eigenvalue weighted by atomic mass is 32.2. The summed E-state index contributed by atoms with van der Waals surface area (Å²) in [6, 6.07) is 8.49. The van der Waals surface area contributed by atoms with Crippen molar-refractivity contribution in [1.82, 2.24) is 15.0 Å². The molecule has 0 saturated carbocycles. The molecule has 1 amide bonds. The smallest absolute Gasteiger partial charge is 0.339 e. The van der Waals surface area contributed by atoms with Crippen LogP contribution in [0.5, 0.6) is 0 Å². The number of carbonyl (C=O) groups is 2. The lowest BCUT2D eigenvalue weighted by molar-refractivity contribution is -0.113. The number of hydrogen-bond donors (Lipinski definition) is 2. The van der Waals surface area contributed by atoms with Gasteiger partial charge in [-0.2, -0.15) is 0 Å². The summed E-state index contributed by atoms with van der Waals surface area (Å²) in [5.74, 6) is -0.582. The van der Waals surface area contributed by atoms with Crippen LogP contribution >= 0.6 is 11.8 Å². The van der Waals surface area contributed by atoms with Crippen molar-refractivity contribution in [1.29, 1.82) is 0 Å². The summed E-state index contributed by atoms with van der Waals surface area (Å²) >= 11 is 1.27. The summed E-state index contributed by atoms with van der Waals surface area (Å²) in [6.07, 6.45) is 3.34. The fraction of sp³-hybridized carbons (Fsp3) is 0.125. The van der Waals surface area contributed by atoms with Gasteiger partial charge in [-0.15, -0.1) is 0 Å². The summed E-state index contributed by atoms with van der Waals surface area (Å²) in [7, 11) is 1.30. The lowest BCUT2D eigenvalue weighted by Crippen LogP contribution is -2.17. The van der Waals surface area contributed by atoms with E-state index >= 15 is 0 Å². The van der Waals surface area contributed by atoms with Gasteiger partial charge >= 0.3 is 5.97 Å². The highest BCUT2D eigenvalue weighted by Gasteiger charge is 2.14. The first-order valence-corrected chi connectivity index (χ1v) is 8.05. The molecule has 0 fully saturated rings. The molecule has 2 heterocycles. The van der Waals surface area contributed by atoms with E-state index in [4.69, 9.17) is 4.74 Å². The van der Waals surface area contributed by atoms with Gasteiger partial charge in [0.15, 0.2) is 5.16 Å². The zero-order valence-electron chi connectivity index (χ0n) is 12.8. The number of nitrogens with zero attached hydrogens (tertiary/aromatic N) is 2. The number of nitrogens with one attached hydrogen (secondary N) is 2. The third kappa shape index (κ3) is 3.54. The van der Waals surface area contributed by atoms with Gasteiger partial charge in [-0.05, 0) is 18.2 Å². The quantitative estimate of drug-likeness (QED) is 0.546. The van der Waals surface area contributed by atoms with Crippen LogP contribution < -0.4 is 5.32 Å². The van der Waals surface area contributed by atoms with Gasteiger partial charge in [0.2, 0.25) is 5.91 Å². The SMILES string of the molecule is COC(=O)c1ccccc1NC(=O)CSc1nc2ccncc2[nH]1. The van der Waals surface area contributed by atoms with E-state index in [0.717, 1.165) is 11.0 Å². The fourth-order valence-corrected chi connectivity index (χ4v) is 2.79. The maximum absolute atomic E-state index is 12.1. The summed E-state index contributed by atoms with van der Waals surface area (Å²) in [4.78, 5) is 35.3. The second-order valence-electron chi connectivity index (χ2n) is 4.81. The first kappa shape index (κ1) is 16.0. The minimum Gasteiger partial charge on any atom is -0.465 e. The monoisotopic (exact) mass is 342 g/mol. The Kier molecular flexibility index (Phi) is 4.76. The number of anilines is 1. The zero-order chi connectivity index (χ0) is 16.9. The molecule has 0 saturated heterocycles. The normalized spacial score (nSPS) is 10.5. The number of para-hydroxylation sites is 1. The Morgan fingerprint density at radius 1 is 1.29 bits per heavy atom. The van der Waals surface area contributed by atoms with E-state index < -0.39 is 5.97 Å². The highest BCUT2D eigenvalue weighted by Crippen LogP contribution is 2.20. The molecule has 3 aromatic rings. The van der Waals surface area contributed by atoms with Gasteiger partial charge in [-0.25, -0.2) is 9.78 Å². The van der Waals surface area contributed by atoms with Gasteiger partial charge in [0.1, 0.15) is 0 Å². The molecule has 0 radical (unpaired) electrons. The van der Waals surface area contributed by atoms with Crippen LogP contribution in [0.2, 0.25) is 0 Å². The number of imidazole rings is 1. The number of amides is 1. The Morgan fingerprint density at radius 2 is 2.12 bits per heavy atom. The van der Waals surface area contributed by atoms with Crippen LogP contribution in [-0.4, -0.2) is 39.7 Å². The molecular formula is C16H14N4O3S. The van der Waals surface area contributed by atoms with E-state index in [1.807, 2.05) is 0 Å². The number of esters is 1. The minimum atomic E-state index is -0.497. The standard InChI is InChI=1S/C16H14N4O3S/c1-23-15(22)10-4-2-3-5-11(10)18-14(21)9-24-16-19-12-6-7-17-8-13(12)20-16/h2-8H,9H2,1H3,(H,18,21)(H,19,20). The molecule has 122 valence electrons. The second kappa shape index (κ2) is 7.14. The molecule has 8 heteroatoms. The third-order valence-electron chi connectivity index (χ3n) is 3.21. The summed E-state index contributed by atoms with van der Waals surface area (Å²) in [6.45, 7) is 0. The lowest BCUT2D eigenvalue weighted by Gasteiger charge is -2.08. The number of H-pyrrole nitrogens is 1. The number of hydrogen-bond acceptors (Lipinski definition) is 6. The van der Waals surface area contributed by atoms with Crippen LogP contribution in [-0.2, 0) is 9.53 Å². The predicted octanol–water partition coefficient (Wildman–Crippen LogP) is 2.48. The van der Waals surface area contributed by atoms with E-state index in [1.54, 1.807) is 42.7 Å². The van der Waals surface area contributed by atoms with Crippen LogP contribution in [0.15, 0.2) is 47.9 Å². The molecule has 0 aliphatic heterocycles. The number of ether oxygens (including phenoxy) is 1. The van der Waals surface area contributed by atoms with Crippen LogP contribution in [0.3, 0.4) is 0 Å². The molecule has 3 rings (SSSR count). The van der Waals surface area contributed by atoms with E-state index in [0.29, 0.717) is 16.4 Å². The minimum absolute atomic E-state index is 0.156. The van der Waals surface area contributed by atoms with Crippen molar-refractivity contribution >= 4 is 40.4 Å². The Bertz CT molecular complexity index is 861. The number of rotatable bonds is 5. The maximum atomic E-state index is 12.1. The molecule has 7 nitrogen and oxygen atoms in total. The highest BCUT2D eigenvalue weighted by molar-refractivity contribution is 7.99. The molecule has 2 aromatic heterocycles. The van der Waals surface area contributed by atoms with Crippen LogP contribution in [0.25, 0.3) is 11.0 Å². The zero-order valence-corrected chi connectivity index (χ0v) is 13.6. The number of methoxy groups -OCH3 is 1. The van der Waals surface area contributed by atoms with Crippen LogP contribution in [0, 0.1) is 0 Å². The van der Waals surface area contributed by atoms with Crippen molar-refractivity contribution in [3.63, 3.8) is 0 Å². The van der Waals surface area contributed by atoms with Gasteiger partial charge in [0.05, 0.1) is 41.3 Å². The molecule has 24 heavy (non-hydrogen) atoms. The fourth-order valence-electron chi connectivity index (χ4n) is 2.10. The number of pyridine rings is 1. The van der Waals surface area contributed by atoms with Crippen molar-refractivity contribution in [2.45, 2.75) is 5.16 Å².